The van der Waals surface area contributed by atoms with Gasteiger partial charge in [0.15, 0.2) is 22.8 Å². The van der Waals surface area contributed by atoms with Crippen LogP contribution in [0.4, 0.5) is 5.82 Å². The molecule has 3 rings (SSSR count). The van der Waals surface area contributed by atoms with Crippen LogP contribution >= 0.6 is 35.2 Å². The van der Waals surface area contributed by atoms with E-state index in [0.717, 1.165) is 29.0 Å². The number of nitrogen functional groups attached to an aromatic ring is 1. The summed E-state index contributed by atoms with van der Waals surface area (Å²) in [6, 6.07) is 0. The first-order valence-electron chi connectivity index (χ1n) is 15.5. The van der Waals surface area contributed by atoms with Crippen LogP contribution < -0.4 is 16.4 Å². The molecule has 1 saturated heterocycles. The second-order valence-corrected chi connectivity index (χ2v) is 17.6. The van der Waals surface area contributed by atoms with Crippen molar-refractivity contribution in [3.8, 4) is 0 Å². The van der Waals surface area contributed by atoms with E-state index in [-0.39, 0.29) is 89.1 Å². The molecule has 1 aliphatic rings. The number of amides is 2. The van der Waals surface area contributed by atoms with Crippen LogP contribution in [0.25, 0.3) is 11.2 Å². The molecule has 1 radical (unpaired) electrons. The van der Waals surface area contributed by atoms with Gasteiger partial charge in [-0.1, -0.05) is 25.6 Å². The SMILES string of the molecule is CC(=O)CC(=O)SCCNC(=O)CCNC(=O)C(O)C(C)(C)COP(=O)(O)OP(=O)(O)OCC1OC(n2cnc3c(N)ncnc32)C(O)C1OP(=O)(O)O.[Na]. The van der Waals surface area contributed by atoms with Gasteiger partial charge in [0.05, 0.1) is 26.0 Å². The van der Waals surface area contributed by atoms with Gasteiger partial charge in [-0.25, -0.2) is 28.6 Å². The molecule has 0 bridgehead atoms. The van der Waals surface area contributed by atoms with E-state index in [1.807, 2.05) is 0 Å². The number of ether oxygens (including phenoxy) is 1. The Morgan fingerprint density at radius 1 is 1.05 bits per heavy atom. The normalized spacial score (nSPS) is 21.5. The van der Waals surface area contributed by atoms with Gasteiger partial charge in [-0.15, -0.1) is 0 Å². The van der Waals surface area contributed by atoms with Gasteiger partial charge in [-0.2, -0.15) is 4.31 Å². The van der Waals surface area contributed by atoms with Gasteiger partial charge in [0.25, 0.3) is 0 Å². The number of imidazole rings is 1. The summed E-state index contributed by atoms with van der Waals surface area (Å²) in [5, 5.41) is 25.8. The Balaban J connectivity index is 0.0000105. The van der Waals surface area contributed by atoms with Gasteiger partial charge in [0, 0.05) is 60.2 Å². The van der Waals surface area contributed by atoms with Crippen LogP contribution in [-0.4, -0.2) is 158 Å². The molecule has 25 nitrogen and oxygen atoms in total. The predicted octanol–water partition coefficient (Wildman–Crippen LogP) is -1.74. The number of hydrogen-bond acceptors (Lipinski definition) is 19. The molecule has 1 fully saturated rings. The second kappa shape index (κ2) is 20.8. The number of carbonyl (C=O) groups excluding carboxylic acids is 4. The molecule has 7 unspecified atom stereocenters. The molecule has 55 heavy (non-hydrogen) atoms. The number of thioether (sulfide) groups is 1. The number of phosphoric ester groups is 3. The average Bonchev–Trinajstić information content (AvgIpc) is 3.60. The molecule has 1 aliphatic heterocycles. The Morgan fingerprint density at radius 2 is 1.71 bits per heavy atom. The summed E-state index contributed by atoms with van der Waals surface area (Å²) in [4.78, 5) is 97.7. The minimum absolute atomic E-state index is 0. The van der Waals surface area contributed by atoms with Crippen molar-refractivity contribution < 1.29 is 85.3 Å². The van der Waals surface area contributed by atoms with Crippen LogP contribution in [0.1, 0.15) is 39.8 Å². The van der Waals surface area contributed by atoms with Crippen molar-refractivity contribution in [1.82, 2.24) is 30.2 Å². The van der Waals surface area contributed by atoms with E-state index in [1.165, 1.54) is 20.8 Å². The van der Waals surface area contributed by atoms with Crippen molar-refractivity contribution in [2.45, 2.75) is 64.3 Å². The molecule has 10 N–H and O–H groups in total. The smallest absolute Gasteiger partial charge is 0.386 e. The van der Waals surface area contributed by atoms with Crippen molar-refractivity contribution >= 4 is 104 Å². The molecule has 305 valence electrons. The van der Waals surface area contributed by atoms with Crippen molar-refractivity contribution in [2.75, 3.05) is 37.8 Å². The van der Waals surface area contributed by atoms with Crippen molar-refractivity contribution in [1.29, 1.82) is 0 Å². The molecule has 2 aromatic heterocycles. The van der Waals surface area contributed by atoms with Gasteiger partial charge in [0.1, 0.15) is 42.0 Å². The molecular weight excluding hydrogens is 834 g/mol. The second-order valence-electron chi connectivity index (χ2n) is 12.2. The summed E-state index contributed by atoms with van der Waals surface area (Å²) >= 11 is 0.878. The number of rotatable bonds is 21. The monoisotopic (exact) mass is 874 g/mol. The number of anilines is 1. The maximum absolute atomic E-state index is 12.6. The first kappa shape index (κ1) is 49.4. The van der Waals surface area contributed by atoms with Crippen LogP contribution in [0.2, 0.25) is 0 Å². The molecule has 0 spiro atoms. The third-order valence-corrected chi connectivity index (χ3v) is 11.1. The van der Waals surface area contributed by atoms with E-state index in [1.54, 1.807) is 0 Å². The van der Waals surface area contributed by atoms with Crippen LogP contribution in [-0.2, 0) is 55.5 Å². The fourth-order valence-corrected chi connectivity index (χ4v) is 8.12. The Labute approximate surface area is 338 Å². The first-order chi connectivity index (χ1) is 24.9. The third-order valence-electron chi connectivity index (χ3n) is 7.16. The topological polar surface area (TPSA) is 381 Å². The molecule has 3 heterocycles. The van der Waals surface area contributed by atoms with Gasteiger partial charge in [-0.3, -0.25) is 37.3 Å². The van der Waals surface area contributed by atoms with E-state index < -0.39 is 84.6 Å². The van der Waals surface area contributed by atoms with Crippen LogP contribution in [0.3, 0.4) is 0 Å². The number of aliphatic hydroxyl groups excluding tert-OH is 2. The number of phosphoric acid groups is 3. The molecule has 2 aromatic rings. The summed E-state index contributed by atoms with van der Waals surface area (Å²) in [5.74, 6) is -1.61. The fraction of sp³-hybridized carbons (Fsp3) is 0.640. The van der Waals surface area contributed by atoms with Crippen molar-refractivity contribution in [3.05, 3.63) is 12.7 Å². The number of fused-ring (bicyclic) bond motifs is 1. The summed E-state index contributed by atoms with van der Waals surface area (Å²) in [7, 11) is -16.4. The molecule has 0 aromatic carbocycles. The zero-order valence-electron chi connectivity index (χ0n) is 29.7. The number of nitrogens with zero attached hydrogens (tertiary/aromatic N) is 4. The first-order valence-corrected chi connectivity index (χ1v) is 21.0. The van der Waals surface area contributed by atoms with Crippen LogP contribution in [0, 0.1) is 5.41 Å². The number of nitrogens with one attached hydrogen (secondary N) is 2. The molecule has 0 saturated carbocycles. The Hall–Kier alpha value is -1.77. The summed E-state index contributed by atoms with van der Waals surface area (Å²) < 4.78 is 61.9. The number of hydrogen-bond donors (Lipinski definition) is 9. The molecule has 2 amide bonds. The van der Waals surface area contributed by atoms with E-state index in [2.05, 4.69) is 34.4 Å². The van der Waals surface area contributed by atoms with Gasteiger partial charge < -0.3 is 50.9 Å². The maximum atomic E-state index is 12.6. The predicted molar refractivity (Wildman–Crippen MR) is 188 cm³/mol. The maximum Gasteiger partial charge on any atom is 0.481 e. The summed E-state index contributed by atoms with van der Waals surface area (Å²) in [6.45, 7) is 1.58. The number of aromatic nitrogens is 4. The third kappa shape index (κ3) is 15.5. The van der Waals surface area contributed by atoms with E-state index in [4.69, 9.17) is 19.5 Å². The molecular formula is C25H40N7NaO18P3S. The van der Waals surface area contributed by atoms with Crippen LogP contribution in [0.15, 0.2) is 12.7 Å². The van der Waals surface area contributed by atoms with E-state index in [9.17, 15) is 62.7 Å². The van der Waals surface area contributed by atoms with Gasteiger partial charge in [-0.05, 0) is 6.92 Å². The van der Waals surface area contributed by atoms with Crippen molar-refractivity contribution in [3.63, 3.8) is 0 Å². The number of Topliss-reactive ketones (excluding diaryl/α,β-unsaturated/α-hetero) is 1. The summed E-state index contributed by atoms with van der Waals surface area (Å²) in [5.41, 5.74) is 4.22. The zero-order valence-corrected chi connectivity index (χ0v) is 35.2. The minimum Gasteiger partial charge on any atom is -0.386 e. The van der Waals surface area contributed by atoms with Crippen LogP contribution in [0.5, 0.6) is 0 Å². The molecule has 7 atom stereocenters. The number of aliphatic hydroxyl groups is 2. The van der Waals surface area contributed by atoms with Crippen molar-refractivity contribution in [2.24, 2.45) is 5.41 Å². The molecule has 0 aliphatic carbocycles. The average molecular weight is 875 g/mol. The number of nitrogens with two attached hydrogens (primary N) is 1. The molecule has 30 heteroatoms. The number of carbonyl (C=O) groups is 4. The Bertz CT molecular complexity index is 1830. The standard InChI is InChI=1S/C25H40N7O18P3S.Na/c1-13(33)8-16(35)54-7-6-27-15(34)4-5-28-23(38)20(37)25(2,3)10-47-53(44,45)50-52(42,43)46-9-14-19(49-51(39,40)41)18(36)24(48-14)32-12-31-17-21(26)29-11-30-22(17)32;/h11-12,14,18-20,24,36-37H,4-10H2,1-3H3,(H,27,34)(H,28,38)(H,42,43)(H,44,45)(H2,26,29,30)(H2,39,40,41);. The largest absolute Gasteiger partial charge is 0.481 e. The summed E-state index contributed by atoms with van der Waals surface area (Å²) in [6.07, 6.45) is -7.24. The zero-order chi connectivity index (χ0) is 40.6. The Kier molecular flexibility index (Phi) is 18.7. The fourth-order valence-electron chi connectivity index (χ4n) is 4.55. The quantitative estimate of drug-likeness (QED) is 0.0291. The van der Waals surface area contributed by atoms with E-state index >= 15 is 0 Å². The van der Waals surface area contributed by atoms with Gasteiger partial charge in [0.2, 0.25) is 11.8 Å². The number of ketones is 1. The van der Waals surface area contributed by atoms with Gasteiger partial charge >= 0.3 is 23.5 Å². The minimum atomic E-state index is -5.58. The Morgan fingerprint density at radius 3 is 2.35 bits per heavy atom. The van der Waals surface area contributed by atoms with E-state index in [0.29, 0.717) is 0 Å².